The number of benzene rings is 1. The first-order chi connectivity index (χ1) is 12.2. The highest BCUT2D eigenvalue weighted by molar-refractivity contribution is 5.73. The number of amides is 1. The molecule has 25 heavy (non-hydrogen) atoms. The number of hydrogen-bond acceptors (Lipinski definition) is 4. The van der Waals surface area contributed by atoms with Crippen LogP contribution in [0.15, 0.2) is 24.3 Å². The number of likely N-dealkylation sites (tertiary alicyclic amines) is 1. The van der Waals surface area contributed by atoms with Crippen LogP contribution in [0.3, 0.4) is 0 Å². The molecule has 1 amide bonds. The first kappa shape index (κ1) is 18.2. The average Bonchev–Trinajstić information content (AvgIpc) is 2.67. The molecule has 2 fully saturated rings. The van der Waals surface area contributed by atoms with E-state index in [1.807, 2.05) is 4.90 Å². The molecule has 1 N–H and O–H groups in total. The third-order valence-corrected chi connectivity index (χ3v) is 5.58. The molecule has 3 rings (SSSR count). The number of nitrogens with one attached hydrogen (secondary N) is 1. The molecular formula is C20H31N3O2. The molecule has 0 aromatic heterocycles. The van der Waals surface area contributed by atoms with Crippen molar-refractivity contribution in [2.75, 3.05) is 44.3 Å². The molecule has 138 valence electrons. The van der Waals surface area contributed by atoms with Gasteiger partial charge in [0.25, 0.3) is 0 Å². The SMILES string of the molecule is CC[C@@H]1CN(C(C)=O)CC[C@H]1NCc1ccc(N2CCOCC2)cc1. The summed E-state index contributed by atoms with van der Waals surface area (Å²) in [7, 11) is 0. The second-order valence-electron chi connectivity index (χ2n) is 7.18. The fourth-order valence-corrected chi connectivity index (χ4v) is 3.90. The van der Waals surface area contributed by atoms with Crippen molar-refractivity contribution in [2.45, 2.75) is 39.3 Å². The molecule has 0 radical (unpaired) electrons. The van der Waals surface area contributed by atoms with Crippen molar-refractivity contribution in [3.63, 3.8) is 0 Å². The highest BCUT2D eigenvalue weighted by Crippen LogP contribution is 2.21. The second kappa shape index (κ2) is 8.68. The van der Waals surface area contributed by atoms with Crippen LogP contribution in [0.1, 0.15) is 32.3 Å². The largest absolute Gasteiger partial charge is 0.378 e. The topological polar surface area (TPSA) is 44.8 Å². The maximum absolute atomic E-state index is 11.6. The zero-order valence-corrected chi connectivity index (χ0v) is 15.5. The van der Waals surface area contributed by atoms with E-state index in [0.29, 0.717) is 12.0 Å². The van der Waals surface area contributed by atoms with E-state index in [4.69, 9.17) is 4.74 Å². The molecule has 2 heterocycles. The Morgan fingerprint density at radius 3 is 2.56 bits per heavy atom. The van der Waals surface area contributed by atoms with Gasteiger partial charge in [-0.1, -0.05) is 25.5 Å². The van der Waals surface area contributed by atoms with Crippen molar-refractivity contribution in [1.82, 2.24) is 10.2 Å². The highest BCUT2D eigenvalue weighted by Gasteiger charge is 2.28. The summed E-state index contributed by atoms with van der Waals surface area (Å²) < 4.78 is 5.42. The number of piperidine rings is 1. The molecule has 0 unspecified atom stereocenters. The van der Waals surface area contributed by atoms with Gasteiger partial charge in [0, 0.05) is 51.4 Å². The van der Waals surface area contributed by atoms with E-state index < -0.39 is 0 Å². The molecular weight excluding hydrogens is 314 g/mol. The zero-order valence-electron chi connectivity index (χ0n) is 15.5. The summed E-state index contributed by atoms with van der Waals surface area (Å²) in [4.78, 5) is 16.0. The molecule has 1 aromatic carbocycles. The summed E-state index contributed by atoms with van der Waals surface area (Å²) in [5.41, 5.74) is 2.61. The average molecular weight is 345 g/mol. The van der Waals surface area contributed by atoms with Crippen molar-refractivity contribution in [3.8, 4) is 0 Å². The summed E-state index contributed by atoms with van der Waals surface area (Å²) in [6.07, 6.45) is 2.15. The number of rotatable bonds is 5. The standard InChI is InChI=1S/C20H31N3O2/c1-3-18-15-23(16(2)24)9-8-20(18)21-14-17-4-6-19(7-5-17)22-10-12-25-13-11-22/h4-7,18,20-21H,3,8-15H2,1-2H3/t18-,20-/m1/s1. The third-order valence-electron chi connectivity index (χ3n) is 5.58. The quantitative estimate of drug-likeness (QED) is 0.889. The Kier molecular flexibility index (Phi) is 6.32. The summed E-state index contributed by atoms with van der Waals surface area (Å²) in [5, 5.41) is 3.73. The van der Waals surface area contributed by atoms with Crippen LogP contribution in [0, 0.1) is 5.92 Å². The number of nitrogens with zero attached hydrogens (tertiary/aromatic N) is 2. The second-order valence-corrected chi connectivity index (χ2v) is 7.18. The maximum Gasteiger partial charge on any atom is 0.219 e. The lowest BCUT2D eigenvalue weighted by molar-refractivity contribution is -0.131. The fourth-order valence-electron chi connectivity index (χ4n) is 3.90. The van der Waals surface area contributed by atoms with Gasteiger partial charge in [-0.25, -0.2) is 0 Å². The molecule has 2 atom stereocenters. The van der Waals surface area contributed by atoms with Crippen LogP contribution >= 0.6 is 0 Å². The van der Waals surface area contributed by atoms with Gasteiger partial charge in [0.1, 0.15) is 0 Å². The Balaban J connectivity index is 1.51. The van der Waals surface area contributed by atoms with E-state index >= 15 is 0 Å². The molecule has 2 aliphatic heterocycles. The van der Waals surface area contributed by atoms with Gasteiger partial charge in [-0.2, -0.15) is 0 Å². The Bertz CT molecular complexity index is 555. The van der Waals surface area contributed by atoms with Gasteiger partial charge in [-0.15, -0.1) is 0 Å². The van der Waals surface area contributed by atoms with Crippen molar-refractivity contribution in [1.29, 1.82) is 0 Å². The van der Waals surface area contributed by atoms with Crippen molar-refractivity contribution >= 4 is 11.6 Å². The minimum absolute atomic E-state index is 0.204. The van der Waals surface area contributed by atoms with Gasteiger partial charge in [0.2, 0.25) is 5.91 Å². The fraction of sp³-hybridized carbons (Fsp3) is 0.650. The third kappa shape index (κ3) is 4.73. The van der Waals surface area contributed by atoms with E-state index in [1.165, 1.54) is 11.3 Å². The Hall–Kier alpha value is -1.59. The van der Waals surface area contributed by atoms with Crippen molar-refractivity contribution in [2.24, 2.45) is 5.92 Å². The lowest BCUT2D eigenvalue weighted by Gasteiger charge is -2.38. The van der Waals surface area contributed by atoms with E-state index in [2.05, 4.69) is 41.4 Å². The summed E-state index contributed by atoms with van der Waals surface area (Å²) in [6.45, 7) is 10.1. The first-order valence-electron chi connectivity index (χ1n) is 9.58. The van der Waals surface area contributed by atoms with Crippen LogP contribution in [0.2, 0.25) is 0 Å². The number of ether oxygens (including phenoxy) is 1. The number of anilines is 1. The molecule has 5 heteroatoms. The van der Waals surface area contributed by atoms with Gasteiger partial charge in [-0.3, -0.25) is 4.79 Å². The van der Waals surface area contributed by atoms with Crippen molar-refractivity contribution in [3.05, 3.63) is 29.8 Å². The molecule has 0 saturated carbocycles. The molecule has 1 aromatic rings. The monoisotopic (exact) mass is 345 g/mol. The predicted molar refractivity (Wildman–Crippen MR) is 101 cm³/mol. The molecule has 0 bridgehead atoms. The number of carbonyl (C=O) groups is 1. The van der Waals surface area contributed by atoms with E-state index in [-0.39, 0.29) is 5.91 Å². The van der Waals surface area contributed by atoms with Crippen molar-refractivity contribution < 1.29 is 9.53 Å². The van der Waals surface area contributed by atoms with Gasteiger partial charge < -0.3 is 19.9 Å². The first-order valence-corrected chi connectivity index (χ1v) is 9.58. The molecule has 2 saturated heterocycles. The Labute approximate surface area is 151 Å². The Morgan fingerprint density at radius 2 is 1.92 bits per heavy atom. The summed E-state index contributed by atoms with van der Waals surface area (Å²) in [5.74, 6) is 0.751. The van der Waals surface area contributed by atoms with E-state index in [1.54, 1.807) is 6.92 Å². The zero-order chi connectivity index (χ0) is 17.6. The number of carbonyl (C=O) groups excluding carboxylic acids is 1. The van der Waals surface area contributed by atoms with Crippen LogP contribution in [-0.4, -0.2) is 56.2 Å². The predicted octanol–water partition coefficient (Wildman–Crippen LogP) is 2.26. The van der Waals surface area contributed by atoms with Gasteiger partial charge >= 0.3 is 0 Å². The normalized spacial score (nSPS) is 24.4. The number of morpholine rings is 1. The lowest BCUT2D eigenvalue weighted by Crippen LogP contribution is -2.50. The van der Waals surface area contributed by atoms with Crippen LogP contribution in [0.25, 0.3) is 0 Å². The van der Waals surface area contributed by atoms with Crippen LogP contribution in [-0.2, 0) is 16.1 Å². The van der Waals surface area contributed by atoms with E-state index in [9.17, 15) is 4.79 Å². The molecule has 0 spiro atoms. The van der Waals surface area contributed by atoms with Crippen LogP contribution in [0.4, 0.5) is 5.69 Å². The van der Waals surface area contributed by atoms with Gasteiger partial charge in [-0.05, 0) is 30.0 Å². The smallest absolute Gasteiger partial charge is 0.219 e. The maximum atomic E-state index is 11.6. The molecule has 5 nitrogen and oxygen atoms in total. The minimum atomic E-state index is 0.204. The molecule has 0 aliphatic carbocycles. The lowest BCUT2D eigenvalue weighted by atomic mass is 9.89. The molecule has 2 aliphatic rings. The summed E-state index contributed by atoms with van der Waals surface area (Å²) >= 11 is 0. The minimum Gasteiger partial charge on any atom is -0.378 e. The van der Waals surface area contributed by atoms with Crippen LogP contribution < -0.4 is 10.2 Å². The van der Waals surface area contributed by atoms with Gasteiger partial charge in [0.15, 0.2) is 0 Å². The van der Waals surface area contributed by atoms with E-state index in [0.717, 1.165) is 58.8 Å². The Morgan fingerprint density at radius 1 is 1.20 bits per heavy atom. The van der Waals surface area contributed by atoms with Gasteiger partial charge in [0.05, 0.1) is 13.2 Å². The van der Waals surface area contributed by atoms with Crippen LogP contribution in [0.5, 0.6) is 0 Å². The highest BCUT2D eigenvalue weighted by atomic mass is 16.5. The summed E-state index contributed by atoms with van der Waals surface area (Å²) in [6, 6.07) is 9.39. The number of hydrogen-bond donors (Lipinski definition) is 1.